The van der Waals surface area contributed by atoms with Gasteiger partial charge in [0, 0.05) is 12.6 Å². The molecule has 5 heteroatoms. The van der Waals surface area contributed by atoms with Crippen LogP contribution in [0.25, 0.3) is 0 Å². The molecule has 1 aromatic rings. The summed E-state index contributed by atoms with van der Waals surface area (Å²) in [6.45, 7) is 2.44. The van der Waals surface area contributed by atoms with Crippen molar-refractivity contribution in [3.63, 3.8) is 0 Å². The number of hydrogen-bond donors (Lipinski definition) is 0. The van der Waals surface area contributed by atoms with Crippen LogP contribution >= 0.6 is 0 Å². The van der Waals surface area contributed by atoms with E-state index in [1.165, 1.54) is 6.42 Å². The maximum absolute atomic E-state index is 12.6. The minimum atomic E-state index is -3.29. The highest BCUT2D eigenvalue weighted by atomic mass is 32.2. The fourth-order valence-electron chi connectivity index (χ4n) is 3.02. The third-order valence-corrected chi connectivity index (χ3v) is 6.05. The van der Waals surface area contributed by atoms with Crippen LogP contribution in [0.2, 0.25) is 0 Å². The van der Waals surface area contributed by atoms with Crippen molar-refractivity contribution in [3.05, 3.63) is 35.4 Å². The van der Waals surface area contributed by atoms with E-state index in [4.69, 9.17) is 5.26 Å². The van der Waals surface area contributed by atoms with Gasteiger partial charge in [0.25, 0.3) is 0 Å². The van der Waals surface area contributed by atoms with E-state index in [1.807, 2.05) is 13.0 Å². The van der Waals surface area contributed by atoms with Crippen molar-refractivity contribution in [3.8, 4) is 6.07 Å². The quantitative estimate of drug-likeness (QED) is 0.840. The molecule has 1 aromatic carbocycles. The maximum atomic E-state index is 12.6. The van der Waals surface area contributed by atoms with Crippen LogP contribution < -0.4 is 0 Å². The predicted octanol–water partition coefficient (Wildman–Crippen LogP) is 3.04. The second-order valence-electron chi connectivity index (χ2n) is 5.56. The molecule has 0 spiro atoms. The molecular formula is C16H22N2O2S. The van der Waals surface area contributed by atoms with Crippen molar-refractivity contribution in [2.75, 3.05) is 6.54 Å². The molecule has 1 fully saturated rings. The monoisotopic (exact) mass is 306 g/mol. The lowest BCUT2D eigenvalue weighted by molar-refractivity contribution is 0.261. The summed E-state index contributed by atoms with van der Waals surface area (Å²) < 4.78 is 27.0. The van der Waals surface area contributed by atoms with E-state index in [1.54, 1.807) is 28.6 Å². The van der Waals surface area contributed by atoms with Gasteiger partial charge in [-0.3, -0.25) is 0 Å². The second-order valence-corrected chi connectivity index (χ2v) is 7.48. The lowest BCUT2D eigenvalue weighted by atomic mass is 9.95. The summed E-state index contributed by atoms with van der Waals surface area (Å²) in [4.78, 5) is 0. The van der Waals surface area contributed by atoms with Crippen molar-refractivity contribution in [1.29, 1.82) is 5.26 Å². The second kappa shape index (κ2) is 7.06. The molecule has 114 valence electrons. The maximum Gasteiger partial charge on any atom is 0.218 e. The molecule has 0 bridgehead atoms. The van der Waals surface area contributed by atoms with Gasteiger partial charge < -0.3 is 0 Å². The van der Waals surface area contributed by atoms with Crippen LogP contribution in [0.5, 0.6) is 0 Å². The number of nitriles is 1. The SMILES string of the molecule is CCN(C1CCCCC1)S(=O)(=O)Cc1ccc(C#N)cc1. The molecule has 1 aliphatic carbocycles. The smallest absolute Gasteiger partial charge is 0.212 e. The van der Waals surface area contributed by atoms with Crippen molar-refractivity contribution >= 4 is 10.0 Å². The Hall–Kier alpha value is -1.38. The standard InChI is InChI=1S/C16H22N2O2S/c1-2-18(16-6-4-3-5-7-16)21(19,20)13-15-10-8-14(12-17)9-11-15/h8-11,16H,2-7,13H2,1H3. The van der Waals surface area contributed by atoms with Crippen molar-refractivity contribution in [1.82, 2.24) is 4.31 Å². The summed E-state index contributed by atoms with van der Waals surface area (Å²) in [5.41, 5.74) is 1.29. The first-order valence-corrected chi connectivity index (χ1v) is 9.16. The molecule has 0 amide bonds. The Bertz CT molecular complexity index is 596. The average molecular weight is 306 g/mol. The summed E-state index contributed by atoms with van der Waals surface area (Å²) >= 11 is 0. The van der Waals surface area contributed by atoms with Gasteiger partial charge in [-0.25, -0.2) is 8.42 Å². The van der Waals surface area contributed by atoms with E-state index in [2.05, 4.69) is 0 Å². The van der Waals surface area contributed by atoms with Crippen molar-refractivity contribution in [2.24, 2.45) is 0 Å². The first-order valence-electron chi connectivity index (χ1n) is 7.55. The van der Waals surface area contributed by atoms with Crippen LogP contribution in [0.1, 0.15) is 50.2 Å². The van der Waals surface area contributed by atoms with Crippen LogP contribution in [0.15, 0.2) is 24.3 Å². The molecular weight excluding hydrogens is 284 g/mol. The van der Waals surface area contributed by atoms with Crippen LogP contribution in [0.3, 0.4) is 0 Å². The van der Waals surface area contributed by atoms with Gasteiger partial charge in [0.05, 0.1) is 17.4 Å². The van der Waals surface area contributed by atoms with Gasteiger partial charge in [0.2, 0.25) is 10.0 Å². The fraction of sp³-hybridized carbons (Fsp3) is 0.562. The van der Waals surface area contributed by atoms with E-state index in [-0.39, 0.29) is 11.8 Å². The minimum Gasteiger partial charge on any atom is -0.212 e. The van der Waals surface area contributed by atoms with E-state index in [0.29, 0.717) is 12.1 Å². The Kier molecular flexibility index (Phi) is 5.38. The first-order chi connectivity index (χ1) is 10.1. The normalized spacial score (nSPS) is 16.8. The van der Waals surface area contributed by atoms with Crippen LogP contribution in [-0.4, -0.2) is 25.3 Å². The molecule has 1 aliphatic rings. The highest BCUT2D eigenvalue weighted by Crippen LogP contribution is 2.26. The molecule has 2 rings (SSSR count). The molecule has 0 atom stereocenters. The van der Waals surface area contributed by atoms with Crippen LogP contribution in [0, 0.1) is 11.3 Å². The van der Waals surface area contributed by atoms with Crippen LogP contribution in [0.4, 0.5) is 0 Å². The third kappa shape index (κ3) is 4.05. The molecule has 21 heavy (non-hydrogen) atoms. The van der Waals surface area contributed by atoms with E-state index in [9.17, 15) is 8.42 Å². The van der Waals surface area contributed by atoms with Crippen molar-refractivity contribution < 1.29 is 8.42 Å². The van der Waals surface area contributed by atoms with Crippen LogP contribution in [-0.2, 0) is 15.8 Å². The first kappa shape index (κ1) is 16.0. The third-order valence-electron chi connectivity index (χ3n) is 4.08. The summed E-state index contributed by atoms with van der Waals surface area (Å²) in [6, 6.07) is 8.99. The number of nitrogens with zero attached hydrogens (tertiary/aromatic N) is 2. The molecule has 0 radical (unpaired) electrons. The summed E-state index contributed by atoms with van der Waals surface area (Å²) in [5.74, 6) is 0.0169. The van der Waals surface area contributed by atoms with E-state index in [0.717, 1.165) is 31.2 Å². The van der Waals surface area contributed by atoms with E-state index >= 15 is 0 Å². The lowest BCUT2D eigenvalue weighted by Crippen LogP contribution is -2.41. The summed E-state index contributed by atoms with van der Waals surface area (Å²) in [7, 11) is -3.29. The molecule has 0 unspecified atom stereocenters. The zero-order valence-electron chi connectivity index (χ0n) is 12.5. The number of hydrogen-bond acceptors (Lipinski definition) is 3. The molecule has 4 nitrogen and oxygen atoms in total. The van der Waals surface area contributed by atoms with Gasteiger partial charge in [0.15, 0.2) is 0 Å². The Morgan fingerprint density at radius 1 is 1.19 bits per heavy atom. The minimum absolute atomic E-state index is 0.0169. The Morgan fingerprint density at radius 3 is 2.33 bits per heavy atom. The van der Waals surface area contributed by atoms with Gasteiger partial charge in [-0.15, -0.1) is 0 Å². The Labute approximate surface area is 127 Å². The molecule has 0 aromatic heterocycles. The van der Waals surface area contributed by atoms with Gasteiger partial charge in [-0.05, 0) is 30.5 Å². The van der Waals surface area contributed by atoms with E-state index < -0.39 is 10.0 Å². The van der Waals surface area contributed by atoms with Gasteiger partial charge in [-0.1, -0.05) is 38.3 Å². The summed E-state index contributed by atoms with van der Waals surface area (Å²) in [5, 5.41) is 8.78. The van der Waals surface area contributed by atoms with Gasteiger partial charge in [-0.2, -0.15) is 9.57 Å². The van der Waals surface area contributed by atoms with Crippen molar-refractivity contribution in [2.45, 2.75) is 50.8 Å². The molecule has 0 saturated heterocycles. The average Bonchev–Trinajstić information content (AvgIpc) is 2.49. The largest absolute Gasteiger partial charge is 0.218 e. The number of benzene rings is 1. The fourth-order valence-corrected chi connectivity index (χ4v) is 4.86. The molecule has 0 N–H and O–H groups in total. The Balaban J connectivity index is 2.12. The molecule has 0 heterocycles. The zero-order valence-corrected chi connectivity index (χ0v) is 13.3. The van der Waals surface area contributed by atoms with Gasteiger partial charge >= 0.3 is 0 Å². The topological polar surface area (TPSA) is 61.2 Å². The summed E-state index contributed by atoms with van der Waals surface area (Å²) in [6.07, 6.45) is 5.39. The molecule has 1 saturated carbocycles. The highest BCUT2D eigenvalue weighted by molar-refractivity contribution is 7.88. The zero-order chi connectivity index (χ0) is 15.3. The molecule has 0 aliphatic heterocycles. The number of rotatable bonds is 5. The predicted molar refractivity (Wildman–Crippen MR) is 83.0 cm³/mol. The number of sulfonamides is 1. The Morgan fingerprint density at radius 2 is 1.81 bits per heavy atom. The van der Waals surface area contributed by atoms with Gasteiger partial charge in [0.1, 0.15) is 0 Å². The lowest BCUT2D eigenvalue weighted by Gasteiger charge is -2.32. The highest BCUT2D eigenvalue weighted by Gasteiger charge is 2.29.